The van der Waals surface area contributed by atoms with Crippen LogP contribution < -0.4 is 11.1 Å². The fourth-order valence-electron chi connectivity index (χ4n) is 2.85. The first-order chi connectivity index (χ1) is 10.7. The fraction of sp³-hybridized carbons (Fsp3) is 0.294. The molecule has 1 fully saturated rings. The van der Waals surface area contributed by atoms with Gasteiger partial charge in [0.2, 0.25) is 5.91 Å². The number of hydrogen-bond donors (Lipinski definition) is 2. The highest BCUT2D eigenvalue weighted by atomic mass is 16.5. The Kier molecular flexibility index (Phi) is 4.06. The molecule has 1 aromatic carbocycles. The van der Waals surface area contributed by atoms with Gasteiger partial charge in [0.05, 0.1) is 17.3 Å². The number of ether oxygens (including phenoxy) is 1. The standard InChI is InChI=1S/C17H19N3O2/c18-15-7-6-14(12-19-15)20-16(21)17(8-10-22-11-9-17)13-4-2-1-3-5-13/h1-7,12H,8-11H2,(H2,18,19)(H,20,21). The maximum absolute atomic E-state index is 12.9. The van der Waals surface area contributed by atoms with Crippen LogP contribution in [0.2, 0.25) is 0 Å². The highest BCUT2D eigenvalue weighted by Gasteiger charge is 2.41. The molecule has 0 radical (unpaired) electrons. The first-order valence-corrected chi connectivity index (χ1v) is 7.37. The molecule has 3 N–H and O–H groups in total. The third-order valence-electron chi connectivity index (χ3n) is 4.15. The largest absolute Gasteiger partial charge is 0.384 e. The van der Waals surface area contributed by atoms with Crippen LogP contribution in [0.25, 0.3) is 0 Å². The number of nitrogen functional groups attached to an aromatic ring is 1. The average Bonchev–Trinajstić information content (AvgIpc) is 2.58. The van der Waals surface area contributed by atoms with Crippen LogP contribution in [0.4, 0.5) is 11.5 Å². The number of nitrogens with one attached hydrogen (secondary N) is 1. The predicted octanol–water partition coefficient (Wildman–Crippen LogP) is 2.35. The lowest BCUT2D eigenvalue weighted by atomic mass is 9.73. The highest BCUT2D eigenvalue weighted by molar-refractivity contribution is 5.99. The molecule has 0 saturated carbocycles. The molecule has 0 unspecified atom stereocenters. The van der Waals surface area contributed by atoms with Gasteiger partial charge in [0.15, 0.2) is 0 Å². The Labute approximate surface area is 129 Å². The maximum Gasteiger partial charge on any atom is 0.235 e. The van der Waals surface area contributed by atoms with Gasteiger partial charge in [0.25, 0.3) is 0 Å². The Bertz CT molecular complexity index is 635. The molecular weight excluding hydrogens is 278 g/mol. The van der Waals surface area contributed by atoms with Crippen molar-refractivity contribution in [2.24, 2.45) is 0 Å². The normalized spacial score (nSPS) is 16.9. The minimum Gasteiger partial charge on any atom is -0.384 e. The van der Waals surface area contributed by atoms with Gasteiger partial charge in [-0.15, -0.1) is 0 Å². The summed E-state index contributed by atoms with van der Waals surface area (Å²) >= 11 is 0. The Morgan fingerprint density at radius 1 is 1.14 bits per heavy atom. The van der Waals surface area contributed by atoms with Crippen LogP contribution in [0.5, 0.6) is 0 Å². The Hall–Kier alpha value is -2.40. The van der Waals surface area contributed by atoms with Gasteiger partial charge < -0.3 is 15.8 Å². The molecule has 2 heterocycles. The number of nitrogens with two attached hydrogens (primary N) is 1. The van der Waals surface area contributed by atoms with E-state index in [4.69, 9.17) is 10.5 Å². The van der Waals surface area contributed by atoms with Gasteiger partial charge in [-0.1, -0.05) is 30.3 Å². The van der Waals surface area contributed by atoms with Crippen LogP contribution >= 0.6 is 0 Å². The Balaban J connectivity index is 1.89. The van der Waals surface area contributed by atoms with Gasteiger partial charge >= 0.3 is 0 Å². The monoisotopic (exact) mass is 297 g/mol. The summed E-state index contributed by atoms with van der Waals surface area (Å²) in [6.45, 7) is 1.17. The van der Waals surface area contributed by atoms with Gasteiger partial charge in [-0.05, 0) is 30.5 Å². The van der Waals surface area contributed by atoms with E-state index in [1.165, 1.54) is 0 Å². The minimum atomic E-state index is -0.555. The molecule has 1 aliphatic rings. The molecule has 1 saturated heterocycles. The number of amides is 1. The molecule has 0 spiro atoms. The number of pyridine rings is 1. The summed E-state index contributed by atoms with van der Waals surface area (Å²) in [7, 11) is 0. The number of nitrogens with zero attached hydrogens (tertiary/aromatic N) is 1. The van der Waals surface area contributed by atoms with Crippen molar-refractivity contribution < 1.29 is 9.53 Å². The van der Waals surface area contributed by atoms with E-state index >= 15 is 0 Å². The summed E-state index contributed by atoms with van der Waals surface area (Å²) in [5.74, 6) is 0.412. The van der Waals surface area contributed by atoms with Crippen molar-refractivity contribution in [2.75, 3.05) is 24.3 Å². The third-order valence-corrected chi connectivity index (χ3v) is 4.15. The zero-order valence-electron chi connectivity index (χ0n) is 12.3. The summed E-state index contributed by atoms with van der Waals surface area (Å²) in [6, 6.07) is 13.3. The van der Waals surface area contributed by atoms with Gasteiger partial charge in [0, 0.05) is 13.2 Å². The van der Waals surface area contributed by atoms with Crippen molar-refractivity contribution in [1.29, 1.82) is 0 Å². The van der Waals surface area contributed by atoms with Crippen molar-refractivity contribution in [3.8, 4) is 0 Å². The molecule has 114 valence electrons. The third kappa shape index (κ3) is 2.80. The van der Waals surface area contributed by atoms with Crippen molar-refractivity contribution >= 4 is 17.4 Å². The van der Waals surface area contributed by atoms with Crippen LogP contribution in [0.1, 0.15) is 18.4 Å². The van der Waals surface area contributed by atoms with Crippen molar-refractivity contribution in [3.63, 3.8) is 0 Å². The summed E-state index contributed by atoms with van der Waals surface area (Å²) in [4.78, 5) is 17.0. The molecule has 1 amide bonds. The fourth-order valence-corrected chi connectivity index (χ4v) is 2.85. The van der Waals surface area contributed by atoms with Gasteiger partial charge in [-0.25, -0.2) is 4.98 Å². The minimum absolute atomic E-state index is 0.0198. The van der Waals surface area contributed by atoms with Gasteiger partial charge in [-0.3, -0.25) is 4.79 Å². The highest BCUT2D eigenvalue weighted by Crippen LogP contribution is 2.36. The van der Waals surface area contributed by atoms with E-state index in [-0.39, 0.29) is 5.91 Å². The predicted molar refractivity (Wildman–Crippen MR) is 85.5 cm³/mol. The number of benzene rings is 1. The van der Waals surface area contributed by atoms with E-state index in [1.807, 2.05) is 30.3 Å². The number of hydrogen-bond acceptors (Lipinski definition) is 4. The molecule has 1 aromatic heterocycles. The van der Waals surface area contributed by atoms with E-state index in [1.54, 1.807) is 18.3 Å². The molecule has 0 bridgehead atoms. The van der Waals surface area contributed by atoms with Crippen molar-refractivity contribution in [3.05, 3.63) is 54.2 Å². The molecule has 0 aliphatic carbocycles. The van der Waals surface area contributed by atoms with Crippen LogP contribution in [-0.2, 0) is 14.9 Å². The number of anilines is 2. The van der Waals surface area contributed by atoms with Crippen molar-refractivity contribution in [1.82, 2.24) is 4.98 Å². The van der Waals surface area contributed by atoms with E-state index in [0.29, 0.717) is 37.6 Å². The smallest absolute Gasteiger partial charge is 0.235 e. The van der Waals surface area contributed by atoms with E-state index in [0.717, 1.165) is 5.56 Å². The molecule has 1 aliphatic heterocycles. The summed E-state index contributed by atoms with van der Waals surface area (Å²) in [5, 5.41) is 2.97. The topological polar surface area (TPSA) is 77.2 Å². The Morgan fingerprint density at radius 2 is 1.86 bits per heavy atom. The first-order valence-electron chi connectivity index (χ1n) is 7.37. The first kappa shape index (κ1) is 14.5. The summed E-state index contributed by atoms with van der Waals surface area (Å²) in [5.41, 5.74) is 6.70. The van der Waals surface area contributed by atoms with E-state index in [9.17, 15) is 4.79 Å². The van der Waals surface area contributed by atoms with Gasteiger partial charge in [0.1, 0.15) is 5.82 Å². The number of rotatable bonds is 3. The van der Waals surface area contributed by atoms with Gasteiger partial charge in [-0.2, -0.15) is 0 Å². The van der Waals surface area contributed by atoms with Crippen LogP contribution in [-0.4, -0.2) is 24.1 Å². The zero-order valence-corrected chi connectivity index (χ0v) is 12.3. The Morgan fingerprint density at radius 3 is 2.50 bits per heavy atom. The second kappa shape index (κ2) is 6.15. The second-order valence-corrected chi connectivity index (χ2v) is 5.49. The maximum atomic E-state index is 12.9. The van der Waals surface area contributed by atoms with Crippen LogP contribution in [0.3, 0.4) is 0 Å². The average molecular weight is 297 g/mol. The number of carbonyl (C=O) groups excluding carboxylic acids is 1. The quantitative estimate of drug-likeness (QED) is 0.911. The molecule has 5 nitrogen and oxygen atoms in total. The van der Waals surface area contributed by atoms with E-state index < -0.39 is 5.41 Å². The molecule has 0 atom stereocenters. The van der Waals surface area contributed by atoms with Crippen LogP contribution in [0, 0.1) is 0 Å². The number of aromatic nitrogens is 1. The van der Waals surface area contributed by atoms with Crippen LogP contribution in [0.15, 0.2) is 48.7 Å². The molecule has 2 aromatic rings. The molecule has 5 heteroatoms. The lowest BCUT2D eigenvalue weighted by Crippen LogP contribution is -2.44. The SMILES string of the molecule is Nc1ccc(NC(=O)C2(c3ccccc3)CCOCC2)cn1. The lowest BCUT2D eigenvalue weighted by Gasteiger charge is -2.36. The summed E-state index contributed by atoms with van der Waals surface area (Å²) in [6.07, 6.45) is 2.92. The van der Waals surface area contributed by atoms with Crippen molar-refractivity contribution in [2.45, 2.75) is 18.3 Å². The summed E-state index contributed by atoms with van der Waals surface area (Å²) < 4.78 is 5.45. The van der Waals surface area contributed by atoms with E-state index in [2.05, 4.69) is 10.3 Å². The molecule has 3 rings (SSSR count). The molecule has 22 heavy (non-hydrogen) atoms. The lowest BCUT2D eigenvalue weighted by molar-refractivity contribution is -0.125. The zero-order chi connectivity index (χ0) is 15.4. The second-order valence-electron chi connectivity index (χ2n) is 5.49. The molecular formula is C17H19N3O2. The number of carbonyl (C=O) groups is 1.